The van der Waals surface area contributed by atoms with Crippen LogP contribution < -0.4 is 0 Å². The number of benzene rings is 8. The molecule has 0 amide bonds. The van der Waals surface area contributed by atoms with Crippen LogP contribution in [0.3, 0.4) is 0 Å². The van der Waals surface area contributed by atoms with Crippen molar-refractivity contribution in [1.29, 1.82) is 0 Å². The minimum absolute atomic E-state index is 0.568. The van der Waals surface area contributed by atoms with Gasteiger partial charge in [-0.1, -0.05) is 170 Å². The molecule has 0 N–H and O–H groups in total. The highest BCUT2D eigenvalue weighted by atomic mass is 15.2. The Bertz CT molecular complexity index is 3480. The fourth-order valence-corrected chi connectivity index (χ4v) is 8.76. The second kappa shape index (κ2) is 14.6. The smallest absolute Gasteiger partial charge is 0.238 e. The zero-order chi connectivity index (χ0) is 41.0. The Balaban J connectivity index is 1.04. The molecule has 0 saturated carbocycles. The van der Waals surface area contributed by atoms with E-state index in [1.807, 2.05) is 97.1 Å². The molecule has 0 fully saturated rings. The molecule has 4 aromatic heterocycles. The van der Waals surface area contributed by atoms with E-state index >= 15 is 0 Å². The maximum absolute atomic E-state index is 5.17. The predicted molar refractivity (Wildman–Crippen MR) is 251 cm³/mol. The van der Waals surface area contributed by atoms with Crippen molar-refractivity contribution in [2.75, 3.05) is 0 Å². The van der Waals surface area contributed by atoms with Gasteiger partial charge in [0.15, 0.2) is 17.5 Å². The Kier molecular flexibility index (Phi) is 8.35. The van der Waals surface area contributed by atoms with Crippen LogP contribution in [-0.2, 0) is 0 Å². The lowest BCUT2D eigenvalue weighted by Gasteiger charge is -2.12. The first kappa shape index (κ1) is 35.4. The summed E-state index contributed by atoms with van der Waals surface area (Å²) < 4.78 is 4.56. The molecular weight excluding hydrogens is 759 g/mol. The van der Waals surface area contributed by atoms with Gasteiger partial charge in [-0.2, -0.15) is 9.97 Å². The van der Waals surface area contributed by atoms with Crippen LogP contribution in [0.2, 0.25) is 0 Å². The molecule has 290 valence electrons. The van der Waals surface area contributed by atoms with Crippen LogP contribution in [0.5, 0.6) is 0 Å². The van der Waals surface area contributed by atoms with Crippen LogP contribution in [0.4, 0.5) is 0 Å². The summed E-state index contributed by atoms with van der Waals surface area (Å²) in [5, 5.41) is 4.62. The van der Waals surface area contributed by atoms with Crippen molar-refractivity contribution in [2.45, 2.75) is 0 Å². The summed E-state index contributed by atoms with van der Waals surface area (Å²) in [6.07, 6.45) is 0. The van der Waals surface area contributed by atoms with Crippen molar-refractivity contribution in [3.8, 4) is 68.3 Å². The van der Waals surface area contributed by atoms with Crippen LogP contribution in [0.25, 0.3) is 112 Å². The number of nitrogens with zero attached hydrogens (tertiary/aromatic N) is 7. The van der Waals surface area contributed by atoms with Crippen molar-refractivity contribution in [3.05, 3.63) is 212 Å². The maximum atomic E-state index is 5.17. The lowest BCUT2D eigenvalue weighted by Crippen LogP contribution is -2.06. The highest BCUT2D eigenvalue weighted by Gasteiger charge is 2.23. The van der Waals surface area contributed by atoms with Crippen LogP contribution in [-0.4, -0.2) is 34.1 Å². The van der Waals surface area contributed by atoms with Gasteiger partial charge in [-0.3, -0.25) is 4.57 Å². The molecule has 0 radical (unpaired) electrons. The molecule has 12 rings (SSSR count). The van der Waals surface area contributed by atoms with E-state index in [4.69, 9.17) is 24.9 Å². The van der Waals surface area contributed by atoms with E-state index in [-0.39, 0.29) is 0 Å². The van der Waals surface area contributed by atoms with Gasteiger partial charge in [-0.15, -0.1) is 0 Å². The van der Waals surface area contributed by atoms with Gasteiger partial charge in [0, 0.05) is 55.0 Å². The first-order valence-electron chi connectivity index (χ1n) is 20.7. The molecule has 12 aromatic rings. The lowest BCUT2D eigenvalue weighted by atomic mass is 10.1. The largest absolute Gasteiger partial charge is 0.309 e. The van der Waals surface area contributed by atoms with Crippen molar-refractivity contribution in [2.24, 2.45) is 0 Å². The van der Waals surface area contributed by atoms with Gasteiger partial charge in [-0.25, -0.2) is 15.0 Å². The maximum Gasteiger partial charge on any atom is 0.238 e. The monoisotopic (exact) mass is 793 g/mol. The van der Waals surface area contributed by atoms with E-state index in [9.17, 15) is 0 Å². The SMILES string of the molecule is c1ccc(-c2cc(-c3ccc(-n4c5ccccc5c5c6c7ccccc7n(-c7nc(-c8ccccc8)nc(-c8ccccc8)n7)c6ccc54)cc3)nc(-c3ccccc3)n2)cc1. The third-order valence-electron chi connectivity index (χ3n) is 11.6. The van der Waals surface area contributed by atoms with Gasteiger partial charge in [-0.05, 0) is 42.5 Å². The summed E-state index contributed by atoms with van der Waals surface area (Å²) in [5.41, 5.74) is 12.0. The zero-order valence-corrected chi connectivity index (χ0v) is 33.3. The topological polar surface area (TPSA) is 74.3 Å². The van der Waals surface area contributed by atoms with Crippen molar-refractivity contribution < 1.29 is 0 Å². The summed E-state index contributed by atoms with van der Waals surface area (Å²) in [4.78, 5) is 25.4. The molecular formula is C55H35N7. The molecule has 7 nitrogen and oxygen atoms in total. The molecule has 4 heterocycles. The molecule has 0 aliphatic rings. The lowest BCUT2D eigenvalue weighted by molar-refractivity contribution is 0.953. The number of aromatic nitrogens is 7. The summed E-state index contributed by atoms with van der Waals surface area (Å²) in [6, 6.07) is 73.2. The number of fused-ring (bicyclic) bond motifs is 7. The molecule has 8 aromatic carbocycles. The third kappa shape index (κ3) is 5.94. The van der Waals surface area contributed by atoms with Crippen LogP contribution in [0.1, 0.15) is 0 Å². The molecule has 0 aliphatic heterocycles. The minimum atomic E-state index is 0.568. The molecule has 0 spiro atoms. The summed E-state index contributed by atoms with van der Waals surface area (Å²) in [6.45, 7) is 0. The fourth-order valence-electron chi connectivity index (χ4n) is 8.76. The van der Waals surface area contributed by atoms with Crippen molar-refractivity contribution in [1.82, 2.24) is 34.1 Å². The van der Waals surface area contributed by atoms with E-state index in [0.717, 1.165) is 77.7 Å². The van der Waals surface area contributed by atoms with Gasteiger partial charge in [0.1, 0.15) is 0 Å². The van der Waals surface area contributed by atoms with E-state index in [0.29, 0.717) is 23.4 Å². The van der Waals surface area contributed by atoms with Crippen LogP contribution >= 0.6 is 0 Å². The van der Waals surface area contributed by atoms with Gasteiger partial charge < -0.3 is 4.57 Å². The van der Waals surface area contributed by atoms with Gasteiger partial charge in [0.2, 0.25) is 5.95 Å². The second-order valence-electron chi connectivity index (χ2n) is 15.3. The molecule has 7 heteroatoms. The highest BCUT2D eigenvalue weighted by molar-refractivity contribution is 6.28. The highest BCUT2D eigenvalue weighted by Crippen LogP contribution is 2.42. The Hall–Kier alpha value is -8.55. The Morgan fingerprint density at radius 2 is 0.661 bits per heavy atom. The predicted octanol–water partition coefficient (Wildman–Crippen LogP) is 13.2. The zero-order valence-electron chi connectivity index (χ0n) is 33.3. The number of hydrogen-bond acceptors (Lipinski definition) is 5. The average Bonchev–Trinajstić information content (AvgIpc) is 3.88. The second-order valence-corrected chi connectivity index (χ2v) is 15.3. The summed E-state index contributed by atoms with van der Waals surface area (Å²) >= 11 is 0. The molecule has 0 saturated heterocycles. The Morgan fingerprint density at radius 1 is 0.274 bits per heavy atom. The number of hydrogen-bond donors (Lipinski definition) is 0. The van der Waals surface area contributed by atoms with E-state index in [1.54, 1.807) is 0 Å². The Labute approximate surface area is 356 Å². The van der Waals surface area contributed by atoms with Gasteiger partial charge >= 0.3 is 0 Å². The Morgan fingerprint density at radius 3 is 1.16 bits per heavy atom. The van der Waals surface area contributed by atoms with Gasteiger partial charge in [0.25, 0.3) is 0 Å². The molecule has 0 unspecified atom stereocenters. The number of para-hydroxylation sites is 2. The first-order valence-corrected chi connectivity index (χ1v) is 20.7. The number of rotatable bonds is 7. The van der Waals surface area contributed by atoms with E-state index < -0.39 is 0 Å². The molecule has 0 bridgehead atoms. The minimum Gasteiger partial charge on any atom is -0.309 e. The average molecular weight is 794 g/mol. The van der Waals surface area contributed by atoms with E-state index in [2.05, 4.69) is 124 Å². The standard InChI is InChI=1S/C55H35N7/c1-5-17-36(18-6-1)44-35-45(57-52(56-44)38-19-7-2-8-20-38)37-29-31-41(32-30-37)61-46-27-15-13-25-42(46)50-48(61)33-34-49-51(50)43-26-14-16-28-47(43)62(49)55-59-53(39-21-9-3-10-22-39)58-54(60-55)40-23-11-4-12-24-40/h1-35H. The quantitative estimate of drug-likeness (QED) is 0.161. The summed E-state index contributed by atoms with van der Waals surface area (Å²) in [7, 11) is 0. The van der Waals surface area contributed by atoms with Crippen LogP contribution in [0.15, 0.2) is 212 Å². The summed E-state index contributed by atoms with van der Waals surface area (Å²) in [5.74, 6) is 2.51. The van der Waals surface area contributed by atoms with E-state index in [1.165, 1.54) is 10.8 Å². The molecule has 0 atom stereocenters. The van der Waals surface area contributed by atoms with Gasteiger partial charge in [0.05, 0.1) is 33.5 Å². The molecule has 0 aliphatic carbocycles. The normalized spacial score (nSPS) is 11.5. The van der Waals surface area contributed by atoms with Crippen molar-refractivity contribution >= 4 is 43.6 Å². The molecule has 62 heavy (non-hydrogen) atoms. The van der Waals surface area contributed by atoms with Crippen molar-refractivity contribution in [3.63, 3.8) is 0 Å². The fraction of sp³-hybridized carbons (Fsp3) is 0. The van der Waals surface area contributed by atoms with Crippen LogP contribution in [0, 0.1) is 0 Å². The third-order valence-corrected chi connectivity index (χ3v) is 11.6. The first-order chi connectivity index (χ1) is 30.7.